The molecule has 0 radical (unpaired) electrons. The van der Waals surface area contributed by atoms with Gasteiger partial charge >= 0.3 is 0 Å². The molecule has 5 aliphatic heterocycles. The van der Waals surface area contributed by atoms with Crippen molar-refractivity contribution >= 4 is 23.0 Å². The van der Waals surface area contributed by atoms with Crippen molar-refractivity contribution in [1.29, 1.82) is 0 Å². The standard InChI is InChI=1S/C20H23N5O/c21-19(26)20-8-7-17(25-20)11-15-4-3-13(23-15)9-12-1-2-14(22-12)10-16-5-6-18(20)24-16/h9-11,18,24H,1-8H2,(H2,21,26). The largest absolute Gasteiger partial charge is 0.383 e. The van der Waals surface area contributed by atoms with Gasteiger partial charge in [-0.1, -0.05) is 0 Å². The van der Waals surface area contributed by atoms with Gasteiger partial charge in [0.1, 0.15) is 0 Å². The van der Waals surface area contributed by atoms with Crippen LogP contribution in [0.3, 0.4) is 0 Å². The first-order valence-electron chi connectivity index (χ1n) is 9.53. The Kier molecular flexibility index (Phi) is 3.48. The third-order valence-corrected chi connectivity index (χ3v) is 6.03. The van der Waals surface area contributed by atoms with Gasteiger partial charge in [-0.2, -0.15) is 0 Å². The van der Waals surface area contributed by atoms with Crippen molar-refractivity contribution in [2.75, 3.05) is 0 Å². The molecule has 5 aliphatic rings. The lowest BCUT2D eigenvalue weighted by Crippen LogP contribution is -2.53. The van der Waals surface area contributed by atoms with Crippen molar-refractivity contribution in [1.82, 2.24) is 5.32 Å². The van der Waals surface area contributed by atoms with Gasteiger partial charge in [0, 0.05) is 34.2 Å². The SMILES string of the molecule is NC(=O)C12CCC(=N1)C=C1CCC(=N1)C=C1CCC(=N1)C=C1CCC2N1. The maximum Gasteiger partial charge on any atom is 0.247 e. The first-order chi connectivity index (χ1) is 12.6. The van der Waals surface area contributed by atoms with Gasteiger partial charge in [-0.3, -0.25) is 19.8 Å². The third-order valence-electron chi connectivity index (χ3n) is 6.03. The molecule has 134 valence electrons. The van der Waals surface area contributed by atoms with Gasteiger partial charge < -0.3 is 11.1 Å². The summed E-state index contributed by atoms with van der Waals surface area (Å²) in [5, 5.41) is 3.53. The van der Waals surface area contributed by atoms with Crippen LogP contribution in [0.4, 0.5) is 0 Å². The van der Waals surface area contributed by atoms with Crippen LogP contribution >= 0.6 is 0 Å². The molecule has 2 atom stereocenters. The summed E-state index contributed by atoms with van der Waals surface area (Å²) in [6.45, 7) is 0. The van der Waals surface area contributed by atoms with Gasteiger partial charge in [-0.05, 0) is 69.6 Å². The summed E-state index contributed by atoms with van der Waals surface area (Å²) in [4.78, 5) is 26.7. The molecule has 1 saturated heterocycles. The summed E-state index contributed by atoms with van der Waals surface area (Å²) in [6.07, 6.45) is 13.4. The quantitative estimate of drug-likeness (QED) is 0.760. The fraction of sp³-hybridized carbons (Fsp3) is 0.500. The second-order valence-electron chi connectivity index (χ2n) is 7.77. The maximum absolute atomic E-state index is 12.4. The van der Waals surface area contributed by atoms with E-state index in [1.165, 1.54) is 0 Å². The molecule has 3 N–H and O–H groups in total. The molecule has 8 bridgehead atoms. The van der Waals surface area contributed by atoms with Gasteiger partial charge in [0.05, 0.1) is 6.04 Å². The number of carbonyl (C=O) groups is 1. The molecule has 5 rings (SSSR count). The Labute approximate surface area is 152 Å². The van der Waals surface area contributed by atoms with Gasteiger partial charge in [-0.25, -0.2) is 0 Å². The molecule has 1 amide bonds. The van der Waals surface area contributed by atoms with E-state index in [4.69, 9.17) is 20.7 Å². The van der Waals surface area contributed by atoms with E-state index < -0.39 is 5.54 Å². The molecule has 1 fully saturated rings. The highest BCUT2D eigenvalue weighted by Gasteiger charge is 2.49. The zero-order valence-electron chi connectivity index (χ0n) is 14.8. The molecular formula is C20H23N5O. The smallest absolute Gasteiger partial charge is 0.247 e. The van der Waals surface area contributed by atoms with Crippen molar-refractivity contribution in [3.05, 3.63) is 35.3 Å². The topological polar surface area (TPSA) is 92.2 Å². The van der Waals surface area contributed by atoms with Gasteiger partial charge in [0.25, 0.3) is 0 Å². The molecule has 0 saturated carbocycles. The van der Waals surface area contributed by atoms with Crippen molar-refractivity contribution in [2.45, 2.75) is 62.9 Å². The predicted octanol–water partition coefficient (Wildman–Crippen LogP) is 2.33. The van der Waals surface area contributed by atoms with Gasteiger partial charge in [-0.15, -0.1) is 0 Å². The van der Waals surface area contributed by atoms with Crippen LogP contribution in [-0.2, 0) is 4.79 Å². The highest BCUT2D eigenvalue weighted by atomic mass is 16.1. The van der Waals surface area contributed by atoms with Crippen LogP contribution in [0.25, 0.3) is 0 Å². The van der Waals surface area contributed by atoms with Crippen LogP contribution in [0.5, 0.6) is 0 Å². The first-order valence-corrected chi connectivity index (χ1v) is 9.53. The fourth-order valence-corrected chi connectivity index (χ4v) is 4.64. The zero-order valence-corrected chi connectivity index (χ0v) is 14.8. The minimum atomic E-state index is -0.839. The Morgan fingerprint density at radius 1 is 0.962 bits per heavy atom. The lowest BCUT2D eigenvalue weighted by molar-refractivity contribution is -0.123. The highest BCUT2D eigenvalue weighted by Crippen LogP contribution is 2.37. The number of aliphatic imine (C=N–C) groups is 3. The first kappa shape index (κ1) is 15.7. The molecule has 0 aromatic rings. The monoisotopic (exact) mass is 349 g/mol. The van der Waals surface area contributed by atoms with E-state index in [2.05, 4.69) is 23.5 Å². The average molecular weight is 349 g/mol. The van der Waals surface area contributed by atoms with Crippen LogP contribution in [0.15, 0.2) is 50.3 Å². The minimum absolute atomic E-state index is 0.0352. The molecule has 6 nitrogen and oxygen atoms in total. The van der Waals surface area contributed by atoms with Crippen molar-refractivity contribution in [3.63, 3.8) is 0 Å². The van der Waals surface area contributed by atoms with E-state index in [9.17, 15) is 4.79 Å². The number of nitrogens with zero attached hydrogens (tertiary/aromatic N) is 3. The summed E-state index contributed by atoms with van der Waals surface area (Å²) < 4.78 is 0. The minimum Gasteiger partial charge on any atom is -0.383 e. The van der Waals surface area contributed by atoms with Gasteiger partial charge in [0.2, 0.25) is 5.91 Å². The zero-order chi connectivity index (χ0) is 17.7. The van der Waals surface area contributed by atoms with Crippen LogP contribution in [-0.4, -0.2) is 34.6 Å². The summed E-state index contributed by atoms with van der Waals surface area (Å²) >= 11 is 0. The Bertz CT molecular complexity index is 873. The number of hydrogen-bond acceptors (Lipinski definition) is 5. The molecule has 5 heterocycles. The maximum atomic E-state index is 12.4. The number of allylic oxidation sites excluding steroid dienone is 6. The summed E-state index contributed by atoms with van der Waals surface area (Å²) in [5.41, 5.74) is 11.5. The highest BCUT2D eigenvalue weighted by molar-refractivity contribution is 6.04. The second-order valence-corrected chi connectivity index (χ2v) is 7.77. The number of primary amides is 1. The van der Waals surface area contributed by atoms with E-state index in [0.29, 0.717) is 6.42 Å². The van der Waals surface area contributed by atoms with E-state index in [0.717, 1.165) is 79.2 Å². The lowest BCUT2D eigenvalue weighted by Gasteiger charge is -2.29. The normalized spacial score (nSPS) is 32.4. The van der Waals surface area contributed by atoms with Gasteiger partial charge in [0.15, 0.2) is 5.54 Å². The number of rotatable bonds is 1. The molecule has 0 spiro atoms. The lowest BCUT2D eigenvalue weighted by atomic mass is 9.86. The summed E-state index contributed by atoms with van der Waals surface area (Å²) in [7, 11) is 0. The van der Waals surface area contributed by atoms with E-state index in [1.807, 2.05) is 0 Å². The van der Waals surface area contributed by atoms with Crippen molar-refractivity contribution in [2.24, 2.45) is 20.7 Å². The number of nitrogens with one attached hydrogen (secondary N) is 1. The third kappa shape index (κ3) is 2.55. The number of amides is 1. The van der Waals surface area contributed by atoms with Crippen LogP contribution in [0, 0.1) is 0 Å². The summed E-state index contributed by atoms with van der Waals surface area (Å²) in [5.74, 6) is -0.327. The van der Waals surface area contributed by atoms with Crippen molar-refractivity contribution in [3.8, 4) is 0 Å². The Morgan fingerprint density at radius 3 is 2.38 bits per heavy atom. The Balaban J connectivity index is 1.61. The van der Waals surface area contributed by atoms with E-state index in [-0.39, 0.29) is 11.9 Å². The predicted molar refractivity (Wildman–Crippen MR) is 102 cm³/mol. The van der Waals surface area contributed by atoms with Crippen LogP contribution < -0.4 is 11.1 Å². The molecule has 6 heteroatoms. The molecule has 0 aromatic heterocycles. The second kappa shape index (κ2) is 5.76. The van der Waals surface area contributed by atoms with Crippen LogP contribution in [0.2, 0.25) is 0 Å². The number of nitrogens with two attached hydrogens (primary N) is 1. The Morgan fingerprint density at radius 2 is 1.65 bits per heavy atom. The number of carbonyl (C=O) groups excluding carboxylic acids is 1. The Hall–Kier alpha value is -2.50. The summed E-state index contributed by atoms with van der Waals surface area (Å²) in [6, 6.07) is -0.0352. The molecular weight excluding hydrogens is 326 g/mol. The number of fused-ring (bicyclic) bond motifs is 6. The fourth-order valence-electron chi connectivity index (χ4n) is 4.64. The average Bonchev–Trinajstić information content (AvgIpc) is 3.36. The molecule has 2 unspecified atom stereocenters. The number of hydrogen-bond donors (Lipinski definition) is 2. The molecule has 0 aliphatic carbocycles. The van der Waals surface area contributed by atoms with Crippen molar-refractivity contribution < 1.29 is 4.79 Å². The van der Waals surface area contributed by atoms with Crippen LogP contribution in [0.1, 0.15) is 51.4 Å². The van der Waals surface area contributed by atoms with E-state index in [1.54, 1.807) is 0 Å². The molecule has 0 aromatic carbocycles. The van der Waals surface area contributed by atoms with E-state index >= 15 is 0 Å². The molecule has 26 heavy (non-hydrogen) atoms.